The number of hydrogen-bond acceptors (Lipinski definition) is 2. The lowest BCUT2D eigenvalue weighted by Gasteiger charge is -2.28. The first-order valence-electron chi connectivity index (χ1n) is 5.46. The Bertz CT molecular complexity index is 190. The van der Waals surface area contributed by atoms with Crippen LogP contribution in [0.2, 0.25) is 0 Å². The lowest BCUT2D eigenvalue weighted by molar-refractivity contribution is -0.149. The second-order valence-corrected chi connectivity index (χ2v) is 4.21. The number of alkyl halides is 3. The monoisotopic (exact) mass is 224 g/mol. The average Bonchev–Trinajstić information content (AvgIpc) is 2.92. The van der Waals surface area contributed by atoms with E-state index in [9.17, 15) is 13.2 Å². The molecule has 0 aliphatic heterocycles. The van der Waals surface area contributed by atoms with E-state index < -0.39 is 12.7 Å². The van der Waals surface area contributed by atoms with E-state index in [0.29, 0.717) is 19.1 Å². The quantitative estimate of drug-likeness (QED) is 0.742. The van der Waals surface area contributed by atoms with Crippen molar-refractivity contribution >= 4 is 0 Å². The van der Waals surface area contributed by atoms with Crippen molar-refractivity contribution in [1.82, 2.24) is 10.2 Å². The van der Waals surface area contributed by atoms with Crippen LogP contribution in [-0.2, 0) is 0 Å². The van der Waals surface area contributed by atoms with Gasteiger partial charge in [-0.25, -0.2) is 0 Å². The second-order valence-electron chi connectivity index (χ2n) is 4.21. The van der Waals surface area contributed by atoms with Gasteiger partial charge in [0.25, 0.3) is 0 Å². The molecule has 1 N–H and O–H groups in total. The van der Waals surface area contributed by atoms with Crippen molar-refractivity contribution in [2.75, 3.05) is 19.6 Å². The Labute approximate surface area is 88.8 Å². The fourth-order valence-electron chi connectivity index (χ4n) is 1.56. The summed E-state index contributed by atoms with van der Waals surface area (Å²) < 4.78 is 36.6. The predicted octanol–water partition coefficient (Wildman–Crippen LogP) is 2.01. The van der Waals surface area contributed by atoms with Crippen LogP contribution in [0.4, 0.5) is 13.2 Å². The molecule has 0 aromatic carbocycles. The summed E-state index contributed by atoms with van der Waals surface area (Å²) in [6.07, 6.45) is -1.76. The first kappa shape index (κ1) is 12.8. The predicted molar refractivity (Wildman–Crippen MR) is 53.8 cm³/mol. The molecule has 0 aromatic rings. The summed E-state index contributed by atoms with van der Waals surface area (Å²) in [5.41, 5.74) is 0. The molecule has 0 aromatic heterocycles. The minimum atomic E-state index is -4.09. The highest BCUT2D eigenvalue weighted by molar-refractivity contribution is 4.83. The Kier molecular flexibility index (Phi) is 4.40. The van der Waals surface area contributed by atoms with Crippen LogP contribution in [-0.4, -0.2) is 42.8 Å². The number of hydrogen-bond donors (Lipinski definition) is 1. The number of halogens is 3. The summed E-state index contributed by atoms with van der Waals surface area (Å²) in [6, 6.07) is 0.495. The van der Waals surface area contributed by atoms with Gasteiger partial charge in [-0.2, -0.15) is 13.2 Å². The van der Waals surface area contributed by atoms with E-state index in [1.807, 2.05) is 6.92 Å². The van der Waals surface area contributed by atoms with Crippen molar-refractivity contribution in [3.63, 3.8) is 0 Å². The minimum Gasteiger partial charge on any atom is -0.312 e. The molecule has 2 nitrogen and oxygen atoms in total. The fourth-order valence-corrected chi connectivity index (χ4v) is 1.56. The van der Waals surface area contributed by atoms with Gasteiger partial charge in [-0.05, 0) is 26.3 Å². The van der Waals surface area contributed by atoms with Crippen LogP contribution < -0.4 is 5.32 Å². The van der Waals surface area contributed by atoms with E-state index in [4.69, 9.17) is 0 Å². The van der Waals surface area contributed by atoms with E-state index in [0.717, 1.165) is 12.8 Å². The maximum Gasteiger partial charge on any atom is 0.401 e. The molecule has 1 fully saturated rings. The fraction of sp³-hybridized carbons (Fsp3) is 1.00. The van der Waals surface area contributed by atoms with Gasteiger partial charge in [0.1, 0.15) is 0 Å². The number of likely N-dealkylation sites (N-methyl/N-ethyl adjacent to an activating group) is 1. The molecule has 0 amide bonds. The molecule has 0 heterocycles. The summed E-state index contributed by atoms with van der Waals surface area (Å²) in [5.74, 6) is 0. The summed E-state index contributed by atoms with van der Waals surface area (Å²) in [7, 11) is 0. The van der Waals surface area contributed by atoms with E-state index in [-0.39, 0.29) is 6.04 Å². The van der Waals surface area contributed by atoms with E-state index in [1.54, 1.807) is 6.92 Å². The highest BCUT2D eigenvalue weighted by Crippen LogP contribution is 2.20. The van der Waals surface area contributed by atoms with Gasteiger partial charge in [0.2, 0.25) is 0 Å². The number of nitrogens with one attached hydrogen (secondary N) is 1. The van der Waals surface area contributed by atoms with Crippen LogP contribution in [0.25, 0.3) is 0 Å². The zero-order valence-electron chi connectivity index (χ0n) is 9.27. The molecule has 0 bridgehead atoms. The third kappa shape index (κ3) is 5.37. The molecule has 5 heteroatoms. The topological polar surface area (TPSA) is 15.3 Å². The minimum absolute atomic E-state index is 0.0581. The lowest BCUT2D eigenvalue weighted by Crippen LogP contribution is -2.45. The highest BCUT2D eigenvalue weighted by Gasteiger charge is 2.32. The van der Waals surface area contributed by atoms with Gasteiger partial charge in [0, 0.05) is 18.6 Å². The first-order valence-corrected chi connectivity index (χ1v) is 5.46. The highest BCUT2D eigenvalue weighted by atomic mass is 19.4. The molecule has 0 saturated heterocycles. The summed E-state index contributed by atoms with van der Waals surface area (Å²) in [5, 5.41) is 3.25. The Hall–Kier alpha value is -0.290. The van der Waals surface area contributed by atoms with Crippen LogP contribution in [0.5, 0.6) is 0 Å². The van der Waals surface area contributed by atoms with Crippen molar-refractivity contribution < 1.29 is 13.2 Å². The van der Waals surface area contributed by atoms with Gasteiger partial charge in [-0.3, -0.25) is 4.90 Å². The molecule has 1 rings (SSSR count). The van der Waals surface area contributed by atoms with Crippen molar-refractivity contribution in [3.05, 3.63) is 0 Å². The number of nitrogens with zero attached hydrogens (tertiary/aromatic N) is 1. The molecule has 1 unspecified atom stereocenters. The van der Waals surface area contributed by atoms with Crippen LogP contribution in [0, 0.1) is 0 Å². The SMILES string of the molecule is CCN(CC(F)(F)F)C(C)CNC1CC1. The van der Waals surface area contributed by atoms with Crippen molar-refractivity contribution in [2.24, 2.45) is 0 Å². The zero-order chi connectivity index (χ0) is 11.5. The van der Waals surface area contributed by atoms with Gasteiger partial charge >= 0.3 is 6.18 Å². The maximum absolute atomic E-state index is 12.2. The molecule has 0 radical (unpaired) electrons. The van der Waals surface area contributed by atoms with E-state index in [1.165, 1.54) is 4.90 Å². The van der Waals surface area contributed by atoms with Crippen molar-refractivity contribution in [2.45, 2.75) is 44.9 Å². The molecule has 15 heavy (non-hydrogen) atoms. The van der Waals surface area contributed by atoms with Crippen molar-refractivity contribution in [1.29, 1.82) is 0 Å². The Morgan fingerprint density at radius 3 is 2.40 bits per heavy atom. The molecule has 0 spiro atoms. The third-order valence-electron chi connectivity index (χ3n) is 2.69. The summed E-state index contributed by atoms with van der Waals surface area (Å²) >= 11 is 0. The standard InChI is InChI=1S/C10H19F3N2/c1-3-15(7-10(11,12)13)8(2)6-14-9-4-5-9/h8-9,14H,3-7H2,1-2H3. The van der Waals surface area contributed by atoms with Gasteiger partial charge in [0.05, 0.1) is 6.54 Å². The summed E-state index contributed by atoms with van der Waals surface area (Å²) in [4.78, 5) is 1.45. The Balaban J connectivity index is 2.27. The molecule has 1 aliphatic carbocycles. The Morgan fingerprint density at radius 1 is 1.40 bits per heavy atom. The maximum atomic E-state index is 12.2. The molecular weight excluding hydrogens is 205 g/mol. The van der Waals surface area contributed by atoms with Crippen LogP contribution in [0.15, 0.2) is 0 Å². The van der Waals surface area contributed by atoms with Crippen molar-refractivity contribution in [3.8, 4) is 0 Å². The van der Waals surface area contributed by atoms with Gasteiger partial charge in [0.15, 0.2) is 0 Å². The van der Waals surface area contributed by atoms with Gasteiger partial charge < -0.3 is 5.32 Å². The van der Waals surface area contributed by atoms with Crippen LogP contribution >= 0.6 is 0 Å². The van der Waals surface area contributed by atoms with Gasteiger partial charge in [-0.1, -0.05) is 6.92 Å². The van der Waals surface area contributed by atoms with Gasteiger partial charge in [-0.15, -0.1) is 0 Å². The zero-order valence-corrected chi connectivity index (χ0v) is 9.27. The molecule has 1 aliphatic rings. The molecule has 90 valence electrons. The summed E-state index contributed by atoms with van der Waals surface area (Å²) in [6.45, 7) is 3.88. The lowest BCUT2D eigenvalue weighted by atomic mass is 10.2. The smallest absolute Gasteiger partial charge is 0.312 e. The molecular formula is C10H19F3N2. The average molecular weight is 224 g/mol. The normalized spacial score (nSPS) is 19.6. The van der Waals surface area contributed by atoms with Crippen LogP contribution in [0.1, 0.15) is 26.7 Å². The molecule has 1 saturated carbocycles. The third-order valence-corrected chi connectivity index (χ3v) is 2.69. The second kappa shape index (κ2) is 5.16. The largest absolute Gasteiger partial charge is 0.401 e. The van der Waals surface area contributed by atoms with E-state index in [2.05, 4.69) is 5.32 Å². The van der Waals surface area contributed by atoms with Crippen LogP contribution in [0.3, 0.4) is 0 Å². The molecule has 1 atom stereocenters. The Morgan fingerprint density at radius 2 is 2.00 bits per heavy atom. The van der Waals surface area contributed by atoms with E-state index >= 15 is 0 Å². The number of rotatable bonds is 6. The first-order chi connectivity index (χ1) is 6.92.